The number of ether oxygens (including phenoxy) is 2. The third-order valence-electron chi connectivity index (χ3n) is 6.02. The molecule has 7 nitrogen and oxygen atoms in total. The highest BCUT2D eigenvalue weighted by atomic mass is 35.5. The number of nitrogens with zero attached hydrogens (tertiary/aromatic N) is 2. The molecule has 1 unspecified atom stereocenters. The second-order valence-corrected chi connectivity index (χ2v) is 11.7. The van der Waals surface area contributed by atoms with E-state index in [9.17, 15) is 4.79 Å². The Labute approximate surface area is 249 Å². The SMILES string of the molecule is COc1ccc(-c2nc(SC(C)C(=O)Nc3nc(-c4ccc(Cl)cc4Cl)cs3)[nH]c2-c2ccc(OC)cc2)cc1. The number of aromatic amines is 1. The number of rotatable bonds is 9. The largest absolute Gasteiger partial charge is 0.497 e. The van der Waals surface area contributed by atoms with E-state index in [1.165, 1.54) is 23.1 Å². The molecule has 2 heterocycles. The lowest BCUT2D eigenvalue weighted by Crippen LogP contribution is -2.22. The summed E-state index contributed by atoms with van der Waals surface area (Å²) in [5, 5.41) is 6.44. The Bertz CT molecular complexity index is 1570. The molecule has 0 saturated carbocycles. The molecule has 2 N–H and O–H groups in total. The number of halogens is 2. The number of imidazole rings is 1. The number of hydrogen-bond acceptors (Lipinski definition) is 7. The highest BCUT2D eigenvalue weighted by Gasteiger charge is 2.21. The first-order valence-electron chi connectivity index (χ1n) is 12.1. The number of hydrogen-bond donors (Lipinski definition) is 2. The predicted octanol–water partition coefficient (Wildman–Crippen LogP) is 8.31. The Morgan fingerprint density at radius 3 is 2.23 bits per heavy atom. The number of methoxy groups -OCH3 is 2. The van der Waals surface area contributed by atoms with E-state index in [4.69, 9.17) is 37.7 Å². The molecule has 0 fully saturated rings. The smallest absolute Gasteiger partial charge is 0.239 e. The quantitative estimate of drug-likeness (QED) is 0.163. The van der Waals surface area contributed by atoms with Crippen molar-refractivity contribution in [3.05, 3.63) is 82.2 Å². The van der Waals surface area contributed by atoms with Crippen LogP contribution in [0.4, 0.5) is 5.13 Å². The summed E-state index contributed by atoms with van der Waals surface area (Å²) >= 11 is 15.0. The van der Waals surface area contributed by atoms with Gasteiger partial charge < -0.3 is 19.8 Å². The van der Waals surface area contributed by atoms with E-state index in [0.717, 1.165) is 39.6 Å². The number of amides is 1. The van der Waals surface area contributed by atoms with Crippen molar-refractivity contribution in [1.29, 1.82) is 0 Å². The van der Waals surface area contributed by atoms with Crippen molar-refractivity contribution in [1.82, 2.24) is 15.0 Å². The van der Waals surface area contributed by atoms with Gasteiger partial charge in [-0.2, -0.15) is 0 Å². The van der Waals surface area contributed by atoms with E-state index >= 15 is 0 Å². The van der Waals surface area contributed by atoms with Crippen LogP contribution in [0.3, 0.4) is 0 Å². The van der Waals surface area contributed by atoms with Crippen molar-refractivity contribution in [2.75, 3.05) is 19.5 Å². The van der Waals surface area contributed by atoms with Gasteiger partial charge in [-0.25, -0.2) is 9.97 Å². The fourth-order valence-electron chi connectivity index (χ4n) is 3.91. The van der Waals surface area contributed by atoms with Crippen LogP contribution < -0.4 is 14.8 Å². The molecule has 5 aromatic rings. The Kier molecular flexibility index (Phi) is 8.66. The molecular formula is C29H24Cl2N4O3S2. The summed E-state index contributed by atoms with van der Waals surface area (Å²) in [6.45, 7) is 1.83. The molecule has 2 aromatic heterocycles. The fourth-order valence-corrected chi connectivity index (χ4v) is 5.94. The Morgan fingerprint density at radius 2 is 1.60 bits per heavy atom. The summed E-state index contributed by atoms with van der Waals surface area (Å²) in [5.41, 5.74) is 4.89. The van der Waals surface area contributed by atoms with Gasteiger partial charge in [-0.3, -0.25) is 4.79 Å². The third-order valence-corrected chi connectivity index (χ3v) is 8.31. The number of H-pyrrole nitrogens is 1. The summed E-state index contributed by atoms with van der Waals surface area (Å²) in [7, 11) is 3.27. The van der Waals surface area contributed by atoms with Gasteiger partial charge in [0.2, 0.25) is 5.91 Å². The van der Waals surface area contributed by atoms with E-state index < -0.39 is 5.25 Å². The molecule has 1 amide bonds. The molecule has 0 saturated heterocycles. The number of thioether (sulfide) groups is 1. The summed E-state index contributed by atoms with van der Waals surface area (Å²) < 4.78 is 10.6. The monoisotopic (exact) mass is 610 g/mol. The van der Waals surface area contributed by atoms with Crippen LogP contribution in [-0.4, -0.2) is 40.3 Å². The summed E-state index contributed by atoms with van der Waals surface area (Å²) in [6.07, 6.45) is 0. The lowest BCUT2D eigenvalue weighted by molar-refractivity contribution is -0.115. The van der Waals surface area contributed by atoms with Gasteiger partial charge in [0.15, 0.2) is 10.3 Å². The minimum atomic E-state index is -0.454. The Morgan fingerprint density at radius 1 is 0.950 bits per heavy atom. The molecule has 40 heavy (non-hydrogen) atoms. The minimum Gasteiger partial charge on any atom is -0.497 e. The predicted molar refractivity (Wildman–Crippen MR) is 164 cm³/mol. The van der Waals surface area contributed by atoms with Gasteiger partial charge in [-0.05, 0) is 73.7 Å². The zero-order chi connectivity index (χ0) is 28.2. The van der Waals surface area contributed by atoms with E-state index in [1.807, 2.05) is 66.9 Å². The van der Waals surface area contributed by atoms with Crippen LogP contribution in [-0.2, 0) is 4.79 Å². The highest BCUT2D eigenvalue weighted by molar-refractivity contribution is 8.00. The summed E-state index contributed by atoms with van der Waals surface area (Å²) in [4.78, 5) is 25.9. The van der Waals surface area contributed by atoms with Crippen LogP contribution in [0.1, 0.15) is 6.92 Å². The number of anilines is 1. The summed E-state index contributed by atoms with van der Waals surface area (Å²) in [6, 6.07) is 20.7. The fraction of sp³-hybridized carbons (Fsp3) is 0.138. The van der Waals surface area contributed by atoms with Gasteiger partial charge in [0.05, 0.1) is 41.6 Å². The number of benzene rings is 3. The maximum absolute atomic E-state index is 13.1. The average Bonchev–Trinajstić information content (AvgIpc) is 3.60. The number of carbonyl (C=O) groups is 1. The second kappa shape index (κ2) is 12.3. The van der Waals surface area contributed by atoms with Gasteiger partial charge in [0.25, 0.3) is 0 Å². The number of nitrogens with one attached hydrogen (secondary N) is 2. The van der Waals surface area contributed by atoms with Crippen molar-refractivity contribution in [3.63, 3.8) is 0 Å². The average molecular weight is 612 g/mol. The molecule has 0 bridgehead atoms. The molecule has 0 aliphatic carbocycles. The molecule has 3 aromatic carbocycles. The normalized spacial score (nSPS) is 11.7. The van der Waals surface area contributed by atoms with Crippen LogP contribution in [0.25, 0.3) is 33.8 Å². The number of aromatic nitrogens is 3. The first-order chi connectivity index (χ1) is 19.3. The van der Waals surface area contributed by atoms with E-state index in [0.29, 0.717) is 26.0 Å². The topological polar surface area (TPSA) is 89.1 Å². The van der Waals surface area contributed by atoms with Gasteiger partial charge in [-0.15, -0.1) is 11.3 Å². The first kappa shape index (κ1) is 28.0. The maximum Gasteiger partial charge on any atom is 0.239 e. The lowest BCUT2D eigenvalue weighted by atomic mass is 10.0. The maximum atomic E-state index is 13.1. The molecule has 0 radical (unpaired) electrons. The van der Waals surface area contributed by atoms with Crippen LogP contribution >= 0.6 is 46.3 Å². The van der Waals surface area contributed by atoms with Crippen LogP contribution in [0.5, 0.6) is 11.5 Å². The van der Waals surface area contributed by atoms with Gasteiger partial charge in [0, 0.05) is 27.1 Å². The van der Waals surface area contributed by atoms with Crippen LogP contribution in [0.15, 0.2) is 77.3 Å². The molecule has 11 heteroatoms. The van der Waals surface area contributed by atoms with E-state index in [2.05, 4.69) is 15.3 Å². The minimum absolute atomic E-state index is 0.193. The van der Waals surface area contributed by atoms with Crippen LogP contribution in [0, 0.1) is 0 Å². The second-order valence-electron chi connectivity index (χ2n) is 8.63. The lowest BCUT2D eigenvalue weighted by Gasteiger charge is -2.08. The van der Waals surface area contributed by atoms with Crippen molar-refractivity contribution in [2.24, 2.45) is 0 Å². The molecule has 0 aliphatic heterocycles. The van der Waals surface area contributed by atoms with Crippen molar-refractivity contribution >= 4 is 57.3 Å². The van der Waals surface area contributed by atoms with Gasteiger partial charge in [-0.1, -0.05) is 35.0 Å². The third kappa shape index (κ3) is 6.28. The Hall–Kier alpha value is -3.50. The van der Waals surface area contributed by atoms with Gasteiger partial charge >= 0.3 is 0 Å². The van der Waals surface area contributed by atoms with Crippen molar-refractivity contribution in [3.8, 4) is 45.3 Å². The molecular weight excluding hydrogens is 587 g/mol. The summed E-state index contributed by atoms with van der Waals surface area (Å²) in [5.74, 6) is 1.33. The van der Waals surface area contributed by atoms with Gasteiger partial charge in [0.1, 0.15) is 11.5 Å². The molecule has 204 valence electrons. The van der Waals surface area contributed by atoms with Crippen LogP contribution in [0.2, 0.25) is 10.0 Å². The first-order valence-corrected chi connectivity index (χ1v) is 14.6. The highest BCUT2D eigenvalue weighted by Crippen LogP contribution is 2.36. The molecule has 0 aliphatic rings. The molecule has 1 atom stereocenters. The van der Waals surface area contributed by atoms with Crippen molar-refractivity contribution < 1.29 is 14.3 Å². The molecule has 0 spiro atoms. The zero-order valence-corrected chi connectivity index (χ0v) is 24.8. The number of carbonyl (C=O) groups excluding carboxylic acids is 1. The molecule has 5 rings (SSSR count). The van der Waals surface area contributed by atoms with Crippen molar-refractivity contribution in [2.45, 2.75) is 17.3 Å². The Balaban J connectivity index is 1.35. The van der Waals surface area contributed by atoms with E-state index in [-0.39, 0.29) is 5.91 Å². The zero-order valence-electron chi connectivity index (χ0n) is 21.7. The number of thiazole rings is 1. The van der Waals surface area contributed by atoms with E-state index in [1.54, 1.807) is 26.4 Å². The standard InChI is InChI=1S/C29H24Cl2N4O3S2/c1-16(27(36)35-28-32-24(15-39-28)22-13-8-19(30)14-23(22)31)40-29-33-25(17-4-9-20(37-2)10-5-17)26(34-29)18-6-11-21(38-3)12-7-18/h4-16H,1-3H3,(H,33,34)(H,32,35,36).